The van der Waals surface area contributed by atoms with Crippen LogP contribution in [0.15, 0.2) is 78.9 Å². The Balaban J connectivity index is 1.41. The highest BCUT2D eigenvalue weighted by atomic mass is 16.5. The number of rotatable bonds is 9. The lowest BCUT2D eigenvalue weighted by Gasteiger charge is -2.22. The van der Waals surface area contributed by atoms with E-state index >= 15 is 0 Å². The van der Waals surface area contributed by atoms with Gasteiger partial charge >= 0.3 is 12.1 Å². The van der Waals surface area contributed by atoms with Crippen LogP contribution in [0.4, 0.5) is 4.79 Å². The molecule has 7 heteroatoms. The molecule has 0 spiro atoms. The van der Waals surface area contributed by atoms with Gasteiger partial charge in [0.2, 0.25) is 5.91 Å². The lowest BCUT2D eigenvalue weighted by molar-refractivity contribution is -0.137. The number of fused-ring (bicyclic) bond motifs is 3. The molecule has 35 heavy (non-hydrogen) atoms. The van der Waals surface area contributed by atoms with Gasteiger partial charge in [-0.15, -0.1) is 0 Å². The minimum absolute atomic E-state index is 0.0487. The molecule has 1 aliphatic carbocycles. The number of carbonyl (C=O) groups excluding carboxylic acids is 2. The number of nitrogens with one attached hydrogen (secondary N) is 2. The second kappa shape index (κ2) is 10.9. The van der Waals surface area contributed by atoms with Gasteiger partial charge in [0.1, 0.15) is 12.6 Å². The first-order chi connectivity index (χ1) is 16.9. The Hall–Kier alpha value is -4.13. The SMILES string of the molecule is C[C@H](NC(=O)C(CCC(=O)O)NC(=O)OCC1c2ccccc2-c2ccccc21)c1ccccc1. The Labute approximate surface area is 204 Å². The van der Waals surface area contributed by atoms with Crippen molar-refractivity contribution in [3.05, 3.63) is 95.6 Å². The van der Waals surface area contributed by atoms with Gasteiger partial charge < -0.3 is 20.5 Å². The lowest BCUT2D eigenvalue weighted by Crippen LogP contribution is -2.47. The third kappa shape index (κ3) is 5.69. The van der Waals surface area contributed by atoms with Gasteiger partial charge in [0.25, 0.3) is 0 Å². The van der Waals surface area contributed by atoms with Gasteiger partial charge in [0.15, 0.2) is 0 Å². The maximum atomic E-state index is 12.9. The van der Waals surface area contributed by atoms with E-state index in [0.29, 0.717) is 0 Å². The van der Waals surface area contributed by atoms with E-state index in [-0.39, 0.29) is 31.4 Å². The Kier molecular flexibility index (Phi) is 7.45. The fraction of sp³-hybridized carbons (Fsp3) is 0.250. The standard InChI is InChI=1S/C28H28N2O5/c1-18(19-9-3-2-4-10-19)29-27(33)25(15-16-26(31)32)30-28(34)35-17-24-22-13-7-5-11-20(22)21-12-6-8-14-23(21)24/h2-14,18,24-25H,15-17H2,1H3,(H,29,33)(H,30,34)(H,31,32)/t18-,25?/m0/s1. The highest BCUT2D eigenvalue weighted by molar-refractivity contribution is 5.86. The number of hydrogen-bond acceptors (Lipinski definition) is 4. The molecule has 3 N–H and O–H groups in total. The van der Waals surface area contributed by atoms with Gasteiger partial charge in [0.05, 0.1) is 6.04 Å². The van der Waals surface area contributed by atoms with E-state index in [2.05, 4.69) is 22.8 Å². The van der Waals surface area contributed by atoms with Crippen molar-refractivity contribution in [2.24, 2.45) is 0 Å². The van der Waals surface area contributed by atoms with Crippen molar-refractivity contribution < 1.29 is 24.2 Å². The van der Waals surface area contributed by atoms with Crippen molar-refractivity contribution in [1.29, 1.82) is 0 Å². The van der Waals surface area contributed by atoms with Crippen LogP contribution in [0.3, 0.4) is 0 Å². The Bertz CT molecular complexity index is 1170. The first kappa shape index (κ1) is 24.0. The smallest absolute Gasteiger partial charge is 0.407 e. The summed E-state index contributed by atoms with van der Waals surface area (Å²) in [4.78, 5) is 36.7. The van der Waals surface area contributed by atoms with Crippen molar-refractivity contribution in [3.8, 4) is 11.1 Å². The lowest BCUT2D eigenvalue weighted by atomic mass is 9.98. The van der Waals surface area contributed by atoms with Gasteiger partial charge in [-0.2, -0.15) is 0 Å². The molecule has 0 saturated carbocycles. The number of hydrogen-bond donors (Lipinski definition) is 3. The van der Waals surface area contributed by atoms with Gasteiger partial charge in [-0.1, -0.05) is 78.9 Å². The molecule has 2 amide bonds. The first-order valence-electron chi connectivity index (χ1n) is 11.6. The summed E-state index contributed by atoms with van der Waals surface area (Å²) in [7, 11) is 0. The van der Waals surface area contributed by atoms with Crippen LogP contribution in [0, 0.1) is 0 Å². The summed E-state index contributed by atoms with van der Waals surface area (Å²) in [5, 5.41) is 14.5. The fourth-order valence-electron chi connectivity index (χ4n) is 4.46. The summed E-state index contributed by atoms with van der Waals surface area (Å²) in [5.74, 6) is -1.62. The van der Waals surface area contributed by atoms with Crippen LogP contribution in [0.2, 0.25) is 0 Å². The monoisotopic (exact) mass is 472 g/mol. The minimum atomic E-state index is -1.05. The van der Waals surface area contributed by atoms with Gasteiger partial charge in [0, 0.05) is 12.3 Å². The van der Waals surface area contributed by atoms with Crippen LogP contribution >= 0.6 is 0 Å². The Morgan fingerprint density at radius 3 is 2.03 bits per heavy atom. The predicted octanol–water partition coefficient (Wildman–Crippen LogP) is 4.64. The predicted molar refractivity (Wildman–Crippen MR) is 132 cm³/mol. The second-order valence-corrected chi connectivity index (χ2v) is 8.60. The summed E-state index contributed by atoms with van der Waals surface area (Å²) in [6.07, 6.45) is -1.07. The minimum Gasteiger partial charge on any atom is -0.481 e. The quantitative estimate of drug-likeness (QED) is 0.421. The van der Waals surface area contributed by atoms with Crippen molar-refractivity contribution >= 4 is 18.0 Å². The number of carboxylic acid groups (broad SMARTS) is 1. The third-order valence-corrected chi connectivity index (χ3v) is 6.26. The average Bonchev–Trinajstić information content (AvgIpc) is 3.19. The van der Waals surface area contributed by atoms with Crippen LogP contribution in [0.25, 0.3) is 11.1 Å². The molecule has 180 valence electrons. The number of benzene rings is 3. The summed E-state index contributed by atoms with van der Waals surface area (Å²) in [6, 6.07) is 24.1. The normalized spacial score (nSPS) is 13.7. The highest BCUT2D eigenvalue weighted by Gasteiger charge is 2.30. The van der Waals surface area contributed by atoms with E-state index in [9.17, 15) is 14.4 Å². The number of amides is 2. The zero-order valence-electron chi connectivity index (χ0n) is 19.4. The van der Waals surface area contributed by atoms with Crippen molar-refractivity contribution in [2.45, 2.75) is 37.8 Å². The maximum absolute atomic E-state index is 12.9. The van der Waals surface area contributed by atoms with E-state index < -0.39 is 24.0 Å². The molecule has 0 radical (unpaired) electrons. The molecule has 3 aromatic rings. The van der Waals surface area contributed by atoms with Crippen molar-refractivity contribution in [1.82, 2.24) is 10.6 Å². The van der Waals surface area contributed by atoms with Crippen LogP contribution in [0.1, 0.15) is 48.4 Å². The van der Waals surface area contributed by atoms with Crippen LogP contribution in [-0.4, -0.2) is 35.7 Å². The molecule has 2 atom stereocenters. The molecule has 0 fully saturated rings. The van der Waals surface area contributed by atoms with Crippen molar-refractivity contribution in [3.63, 3.8) is 0 Å². The number of carboxylic acids is 1. The molecule has 1 aliphatic rings. The Morgan fingerprint density at radius 1 is 0.857 bits per heavy atom. The van der Waals surface area contributed by atoms with Crippen LogP contribution < -0.4 is 10.6 Å². The van der Waals surface area contributed by atoms with E-state index in [4.69, 9.17) is 9.84 Å². The highest BCUT2D eigenvalue weighted by Crippen LogP contribution is 2.44. The van der Waals surface area contributed by atoms with Gasteiger partial charge in [-0.3, -0.25) is 9.59 Å². The van der Waals surface area contributed by atoms with Gasteiger partial charge in [-0.25, -0.2) is 4.79 Å². The maximum Gasteiger partial charge on any atom is 0.407 e. The van der Waals surface area contributed by atoms with Gasteiger partial charge in [-0.05, 0) is 41.2 Å². The topological polar surface area (TPSA) is 105 Å². The van der Waals surface area contributed by atoms with Crippen LogP contribution in [-0.2, 0) is 14.3 Å². The molecule has 0 saturated heterocycles. The van der Waals surface area contributed by atoms with E-state index in [1.165, 1.54) is 0 Å². The Morgan fingerprint density at radius 2 is 1.43 bits per heavy atom. The molecule has 0 aromatic heterocycles. The number of ether oxygens (including phenoxy) is 1. The zero-order chi connectivity index (χ0) is 24.8. The molecule has 7 nitrogen and oxygen atoms in total. The second-order valence-electron chi connectivity index (χ2n) is 8.60. The number of carbonyl (C=O) groups is 3. The first-order valence-corrected chi connectivity index (χ1v) is 11.6. The molecule has 4 rings (SSSR count). The third-order valence-electron chi connectivity index (χ3n) is 6.26. The van der Waals surface area contributed by atoms with E-state index in [0.717, 1.165) is 27.8 Å². The summed E-state index contributed by atoms with van der Waals surface area (Å²) in [6.45, 7) is 1.93. The molecular weight excluding hydrogens is 444 g/mol. The number of aliphatic carboxylic acids is 1. The summed E-state index contributed by atoms with van der Waals surface area (Å²) in [5.41, 5.74) is 5.30. The average molecular weight is 473 g/mol. The molecule has 0 aliphatic heterocycles. The van der Waals surface area contributed by atoms with Crippen molar-refractivity contribution in [2.75, 3.05) is 6.61 Å². The van der Waals surface area contributed by atoms with Crippen LogP contribution in [0.5, 0.6) is 0 Å². The van der Waals surface area contributed by atoms with E-state index in [1.807, 2.05) is 73.7 Å². The molecule has 3 aromatic carbocycles. The molecule has 0 bridgehead atoms. The zero-order valence-corrected chi connectivity index (χ0v) is 19.4. The fourth-order valence-corrected chi connectivity index (χ4v) is 4.46. The molecule has 0 heterocycles. The molecular formula is C28H28N2O5. The number of alkyl carbamates (subject to hydrolysis) is 1. The largest absolute Gasteiger partial charge is 0.481 e. The van der Waals surface area contributed by atoms with E-state index in [1.54, 1.807) is 0 Å². The summed E-state index contributed by atoms with van der Waals surface area (Å²) < 4.78 is 5.54. The summed E-state index contributed by atoms with van der Waals surface area (Å²) >= 11 is 0. The molecule has 1 unspecified atom stereocenters.